The monoisotopic (exact) mass is 705 g/mol. The summed E-state index contributed by atoms with van der Waals surface area (Å²) in [6, 6.07) is 0. The van der Waals surface area contributed by atoms with Crippen molar-refractivity contribution in [3.8, 4) is 0 Å². The van der Waals surface area contributed by atoms with E-state index in [0.717, 1.165) is 12.8 Å². The Balaban J connectivity index is 3.14. The van der Waals surface area contributed by atoms with E-state index in [0.29, 0.717) is 13.0 Å². The van der Waals surface area contributed by atoms with Crippen LogP contribution in [0.4, 0.5) is 0 Å². The average molecular weight is 705 g/mol. The lowest BCUT2D eigenvalue weighted by Gasteiger charge is -2.06. The van der Waals surface area contributed by atoms with Gasteiger partial charge in [-0.25, -0.2) is 0 Å². The molecule has 300 valence electrons. The first-order valence-corrected chi connectivity index (χ1v) is 24.0. The molecule has 2 heteroatoms. The fourth-order valence-electron chi connectivity index (χ4n) is 7.67. The average Bonchev–Trinajstić information content (AvgIpc) is 3.12. The molecule has 50 heavy (non-hydrogen) atoms. The SMILES string of the molecule is CCCCCCCCCCCCCCCCCCCCCCCCCC(=O)OCCCCCCCCCCCCCCCCCCCCCC. The molecule has 2 nitrogen and oxygen atoms in total. The van der Waals surface area contributed by atoms with Crippen LogP contribution in [0.25, 0.3) is 0 Å². The molecule has 0 aliphatic heterocycles. The second kappa shape index (κ2) is 46.5. The van der Waals surface area contributed by atoms with Gasteiger partial charge < -0.3 is 4.74 Å². The molecule has 0 rings (SSSR count). The maximum absolute atomic E-state index is 12.0. The van der Waals surface area contributed by atoms with Gasteiger partial charge in [0.1, 0.15) is 0 Å². The Kier molecular flexibility index (Phi) is 46.0. The number of carbonyl (C=O) groups excluding carboxylic acids is 1. The maximum atomic E-state index is 12.0. The first-order valence-electron chi connectivity index (χ1n) is 24.0. The molecule has 0 saturated heterocycles. The van der Waals surface area contributed by atoms with Crippen molar-refractivity contribution >= 4 is 5.97 Å². The van der Waals surface area contributed by atoms with Crippen LogP contribution in [-0.4, -0.2) is 12.6 Å². The maximum Gasteiger partial charge on any atom is 0.305 e. The van der Waals surface area contributed by atoms with Crippen LogP contribution in [0.2, 0.25) is 0 Å². The van der Waals surface area contributed by atoms with Crippen molar-refractivity contribution in [2.24, 2.45) is 0 Å². The van der Waals surface area contributed by atoms with E-state index < -0.39 is 0 Å². The fourth-order valence-corrected chi connectivity index (χ4v) is 7.67. The Morgan fingerprint density at radius 1 is 0.260 bits per heavy atom. The zero-order valence-electron chi connectivity index (χ0n) is 35.1. The van der Waals surface area contributed by atoms with Crippen molar-refractivity contribution in [1.82, 2.24) is 0 Å². The summed E-state index contributed by atoms with van der Waals surface area (Å²) < 4.78 is 5.49. The van der Waals surface area contributed by atoms with E-state index in [4.69, 9.17) is 4.74 Å². The Morgan fingerprint density at radius 3 is 0.660 bits per heavy atom. The lowest BCUT2D eigenvalue weighted by atomic mass is 10.0. The largest absolute Gasteiger partial charge is 0.466 e. The molecule has 0 radical (unpaired) electrons. The molecule has 0 aliphatic carbocycles. The number of ether oxygens (including phenoxy) is 1. The molecule has 0 atom stereocenters. The third-order valence-corrected chi connectivity index (χ3v) is 11.2. The molecule has 0 saturated carbocycles. The first-order chi connectivity index (χ1) is 24.8. The molecule has 0 fully saturated rings. The van der Waals surface area contributed by atoms with Crippen molar-refractivity contribution in [2.45, 2.75) is 296 Å². The van der Waals surface area contributed by atoms with E-state index in [9.17, 15) is 4.79 Å². The van der Waals surface area contributed by atoms with Gasteiger partial charge in [-0.2, -0.15) is 0 Å². The quantitative estimate of drug-likeness (QED) is 0.0466. The van der Waals surface area contributed by atoms with Gasteiger partial charge in [-0.05, 0) is 12.8 Å². The van der Waals surface area contributed by atoms with E-state index in [1.807, 2.05) is 0 Å². The topological polar surface area (TPSA) is 26.3 Å². The van der Waals surface area contributed by atoms with Crippen LogP contribution in [0.1, 0.15) is 296 Å². The molecule has 0 unspecified atom stereocenters. The minimum Gasteiger partial charge on any atom is -0.466 e. The van der Waals surface area contributed by atoms with Crippen LogP contribution < -0.4 is 0 Å². The third kappa shape index (κ3) is 45.5. The highest BCUT2D eigenvalue weighted by Crippen LogP contribution is 2.17. The van der Waals surface area contributed by atoms with Gasteiger partial charge in [0.25, 0.3) is 0 Å². The molecule has 0 aromatic carbocycles. The number of hydrogen-bond acceptors (Lipinski definition) is 2. The molecule has 0 aliphatic rings. The van der Waals surface area contributed by atoms with E-state index in [1.165, 1.54) is 263 Å². The zero-order valence-corrected chi connectivity index (χ0v) is 35.1. The summed E-state index contributed by atoms with van der Waals surface area (Å²) in [5.74, 6) is 0.0336. The minimum atomic E-state index is 0.0336. The van der Waals surface area contributed by atoms with Crippen molar-refractivity contribution < 1.29 is 9.53 Å². The van der Waals surface area contributed by atoms with E-state index in [2.05, 4.69) is 13.8 Å². The molecule has 0 aromatic rings. The number of carbonyl (C=O) groups is 1. The molecule has 0 N–H and O–H groups in total. The van der Waals surface area contributed by atoms with Gasteiger partial charge in [-0.3, -0.25) is 4.79 Å². The standard InChI is InChI=1S/C48H96O2/c1-3-5-7-9-11-13-15-17-19-21-23-25-26-27-28-30-32-34-36-38-40-42-44-46-48(49)50-47-45-43-41-39-37-35-33-31-29-24-22-20-18-16-14-12-10-8-6-4-2/h3-47H2,1-2H3. The summed E-state index contributed by atoms with van der Waals surface area (Å²) in [6.45, 7) is 5.24. The smallest absolute Gasteiger partial charge is 0.305 e. The van der Waals surface area contributed by atoms with Gasteiger partial charge in [-0.15, -0.1) is 0 Å². The van der Waals surface area contributed by atoms with Gasteiger partial charge in [0.05, 0.1) is 6.61 Å². The van der Waals surface area contributed by atoms with Crippen molar-refractivity contribution in [2.75, 3.05) is 6.61 Å². The van der Waals surface area contributed by atoms with Crippen LogP contribution in [0, 0.1) is 0 Å². The Bertz CT molecular complexity index is 601. The predicted molar refractivity (Wildman–Crippen MR) is 225 cm³/mol. The van der Waals surface area contributed by atoms with Gasteiger partial charge in [-0.1, -0.05) is 277 Å². The number of rotatable bonds is 45. The molecule has 0 aromatic heterocycles. The summed E-state index contributed by atoms with van der Waals surface area (Å²) >= 11 is 0. The van der Waals surface area contributed by atoms with Crippen molar-refractivity contribution in [3.63, 3.8) is 0 Å². The van der Waals surface area contributed by atoms with Crippen LogP contribution in [-0.2, 0) is 9.53 Å². The zero-order chi connectivity index (χ0) is 36.1. The molecular formula is C48H96O2. The van der Waals surface area contributed by atoms with E-state index >= 15 is 0 Å². The van der Waals surface area contributed by atoms with Gasteiger partial charge in [0, 0.05) is 6.42 Å². The highest BCUT2D eigenvalue weighted by atomic mass is 16.5. The van der Waals surface area contributed by atoms with Gasteiger partial charge in [0.15, 0.2) is 0 Å². The number of esters is 1. The van der Waals surface area contributed by atoms with Crippen LogP contribution >= 0.6 is 0 Å². The molecular weight excluding hydrogens is 609 g/mol. The number of unbranched alkanes of at least 4 members (excludes halogenated alkanes) is 41. The summed E-state index contributed by atoms with van der Waals surface area (Å²) in [5, 5.41) is 0. The van der Waals surface area contributed by atoms with Gasteiger partial charge >= 0.3 is 5.97 Å². The minimum absolute atomic E-state index is 0.0336. The predicted octanol–water partition coefficient (Wildman–Crippen LogP) is 17.7. The lowest BCUT2D eigenvalue weighted by molar-refractivity contribution is -0.143. The fraction of sp³-hybridized carbons (Fsp3) is 0.979. The first kappa shape index (κ1) is 49.5. The highest BCUT2D eigenvalue weighted by Gasteiger charge is 2.03. The van der Waals surface area contributed by atoms with E-state index in [1.54, 1.807) is 0 Å². The Labute approximate surface area is 317 Å². The normalized spacial score (nSPS) is 11.5. The summed E-state index contributed by atoms with van der Waals surface area (Å²) in [7, 11) is 0. The van der Waals surface area contributed by atoms with Crippen molar-refractivity contribution in [3.05, 3.63) is 0 Å². The Morgan fingerprint density at radius 2 is 0.440 bits per heavy atom. The summed E-state index contributed by atoms with van der Waals surface area (Å²) in [5.41, 5.74) is 0. The van der Waals surface area contributed by atoms with Gasteiger partial charge in [0.2, 0.25) is 0 Å². The van der Waals surface area contributed by atoms with Crippen LogP contribution in [0.3, 0.4) is 0 Å². The Hall–Kier alpha value is -0.530. The second-order valence-electron chi connectivity index (χ2n) is 16.5. The summed E-state index contributed by atoms with van der Waals surface area (Å²) in [4.78, 5) is 12.0. The van der Waals surface area contributed by atoms with E-state index in [-0.39, 0.29) is 5.97 Å². The number of hydrogen-bond donors (Lipinski definition) is 0. The molecule has 0 amide bonds. The molecule has 0 bridgehead atoms. The second-order valence-corrected chi connectivity index (χ2v) is 16.5. The molecule has 0 spiro atoms. The van der Waals surface area contributed by atoms with Crippen LogP contribution in [0.5, 0.6) is 0 Å². The summed E-state index contributed by atoms with van der Waals surface area (Å²) in [6.07, 6.45) is 60.9. The third-order valence-electron chi connectivity index (χ3n) is 11.2. The molecule has 0 heterocycles. The lowest BCUT2D eigenvalue weighted by Crippen LogP contribution is -2.05. The van der Waals surface area contributed by atoms with Crippen LogP contribution in [0.15, 0.2) is 0 Å². The van der Waals surface area contributed by atoms with Crippen molar-refractivity contribution in [1.29, 1.82) is 0 Å². The highest BCUT2D eigenvalue weighted by molar-refractivity contribution is 5.69.